The highest BCUT2D eigenvalue weighted by atomic mass is 32.2. The van der Waals surface area contributed by atoms with E-state index in [1.807, 2.05) is 30.3 Å². The van der Waals surface area contributed by atoms with Crippen LogP contribution in [0.25, 0.3) is 23.0 Å². The maximum atomic E-state index is 5.89. The van der Waals surface area contributed by atoms with Crippen LogP contribution in [-0.2, 0) is 11.5 Å². The molecule has 7 heteroatoms. The highest BCUT2D eigenvalue weighted by molar-refractivity contribution is 7.97. The van der Waals surface area contributed by atoms with Gasteiger partial charge in [0, 0.05) is 11.3 Å². The zero-order valence-corrected chi connectivity index (χ0v) is 16.6. The zero-order valence-electron chi connectivity index (χ0n) is 15.8. The first kappa shape index (κ1) is 17.9. The molecule has 2 aromatic heterocycles. The van der Waals surface area contributed by atoms with Crippen molar-refractivity contribution in [2.24, 2.45) is 0 Å². The fourth-order valence-corrected chi connectivity index (χ4v) is 3.89. The van der Waals surface area contributed by atoms with Crippen LogP contribution < -0.4 is 9.47 Å². The largest absolute Gasteiger partial charge is 0.455 e. The summed E-state index contributed by atoms with van der Waals surface area (Å²) in [5, 5.41) is 4.06. The van der Waals surface area contributed by atoms with E-state index in [2.05, 4.69) is 41.3 Å². The summed E-state index contributed by atoms with van der Waals surface area (Å²) in [5.41, 5.74) is 3.37. The third-order valence-electron chi connectivity index (χ3n) is 4.56. The van der Waals surface area contributed by atoms with Crippen molar-refractivity contribution in [3.8, 4) is 34.5 Å². The minimum absolute atomic E-state index is 0.230. The van der Waals surface area contributed by atoms with Gasteiger partial charge in [-0.1, -0.05) is 35.0 Å². The summed E-state index contributed by atoms with van der Waals surface area (Å²) in [6.45, 7) is 2.32. The summed E-state index contributed by atoms with van der Waals surface area (Å²) >= 11 is 1.80. The number of hydrogen-bond donors (Lipinski definition) is 0. The number of rotatable bonds is 6. The second-order valence-electron chi connectivity index (χ2n) is 6.74. The second kappa shape index (κ2) is 7.67. The van der Waals surface area contributed by atoms with Gasteiger partial charge in [0.15, 0.2) is 17.3 Å². The Hall–Kier alpha value is -3.19. The van der Waals surface area contributed by atoms with Crippen LogP contribution in [-0.4, -0.2) is 16.9 Å². The lowest BCUT2D eigenvalue weighted by Gasteiger charge is -2.01. The van der Waals surface area contributed by atoms with Gasteiger partial charge in [0.25, 0.3) is 5.89 Å². The predicted molar refractivity (Wildman–Crippen MR) is 110 cm³/mol. The molecule has 0 atom stereocenters. The molecule has 0 N–H and O–H groups in total. The first-order chi connectivity index (χ1) is 14.2. The Labute approximate surface area is 171 Å². The maximum Gasteiger partial charge on any atom is 0.293 e. The van der Waals surface area contributed by atoms with Crippen LogP contribution in [0.1, 0.15) is 16.9 Å². The molecule has 2 aromatic carbocycles. The van der Waals surface area contributed by atoms with Gasteiger partial charge >= 0.3 is 0 Å². The van der Waals surface area contributed by atoms with Crippen molar-refractivity contribution in [1.82, 2.24) is 10.1 Å². The van der Waals surface area contributed by atoms with Gasteiger partial charge in [-0.15, -0.1) is 11.8 Å². The quantitative estimate of drug-likeness (QED) is 0.421. The SMILES string of the molecule is Cc1ccc(CSCc2ccc(-c3nc(-c4ccc5c(c4)OCO5)no3)o2)cc1. The van der Waals surface area contributed by atoms with Crippen molar-refractivity contribution in [3.05, 3.63) is 71.5 Å². The molecule has 0 saturated heterocycles. The number of thioether (sulfide) groups is 1. The van der Waals surface area contributed by atoms with E-state index in [1.54, 1.807) is 11.8 Å². The number of aryl methyl sites for hydroxylation is 1. The van der Waals surface area contributed by atoms with E-state index in [9.17, 15) is 0 Å². The summed E-state index contributed by atoms with van der Waals surface area (Å²) in [6.07, 6.45) is 0. The van der Waals surface area contributed by atoms with Crippen molar-refractivity contribution >= 4 is 11.8 Å². The predicted octanol–water partition coefficient (Wildman–Crippen LogP) is 5.47. The van der Waals surface area contributed by atoms with Crippen LogP contribution in [0.2, 0.25) is 0 Å². The zero-order chi connectivity index (χ0) is 19.6. The lowest BCUT2D eigenvalue weighted by Crippen LogP contribution is -1.92. The first-order valence-corrected chi connectivity index (χ1v) is 10.4. The Bertz CT molecular complexity index is 1130. The van der Waals surface area contributed by atoms with Gasteiger partial charge in [-0.05, 0) is 42.8 Å². The Morgan fingerprint density at radius 1 is 0.931 bits per heavy atom. The van der Waals surface area contributed by atoms with Gasteiger partial charge in [0.1, 0.15) is 5.76 Å². The van der Waals surface area contributed by atoms with Gasteiger partial charge in [-0.3, -0.25) is 0 Å². The number of benzene rings is 2. The molecule has 1 aliphatic heterocycles. The van der Waals surface area contributed by atoms with Crippen molar-refractivity contribution in [1.29, 1.82) is 0 Å². The molecule has 3 heterocycles. The molecule has 6 nitrogen and oxygen atoms in total. The van der Waals surface area contributed by atoms with Crippen molar-refractivity contribution < 1.29 is 18.4 Å². The molecule has 4 aromatic rings. The topological polar surface area (TPSA) is 70.5 Å². The van der Waals surface area contributed by atoms with Crippen molar-refractivity contribution in [3.63, 3.8) is 0 Å². The maximum absolute atomic E-state index is 5.89. The van der Waals surface area contributed by atoms with E-state index in [4.69, 9.17) is 18.4 Å². The smallest absolute Gasteiger partial charge is 0.293 e. The Kier molecular flexibility index (Phi) is 4.73. The standard InChI is InChI=1S/C22H18N2O4S/c1-14-2-4-15(5-3-14)11-29-12-17-7-9-19(27-17)22-23-21(24-28-22)16-6-8-18-20(10-16)26-13-25-18/h2-10H,11-13H2,1H3. The second-order valence-corrected chi connectivity index (χ2v) is 7.72. The Morgan fingerprint density at radius 2 is 1.79 bits per heavy atom. The average Bonchev–Trinajstić information content (AvgIpc) is 3.49. The molecule has 0 spiro atoms. The minimum Gasteiger partial charge on any atom is -0.455 e. The number of furan rings is 1. The summed E-state index contributed by atoms with van der Waals surface area (Å²) in [4.78, 5) is 4.45. The van der Waals surface area contributed by atoms with Crippen LogP contribution in [0.5, 0.6) is 11.5 Å². The van der Waals surface area contributed by atoms with E-state index in [-0.39, 0.29) is 6.79 Å². The number of fused-ring (bicyclic) bond motifs is 1. The summed E-state index contributed by atoms with van der Waals surface area (Å²) < 4.78 is 22.0. The van der Waals surface area contributed by atoms with Gasteiger partial charge in [-0.25, -0.2) is 0 Å². The molecule has 0 unspecified atom stereocenters. The van der Waals surface area contributed by atoms with E-state index in [0.717, 1.165) is 28.6 Å². The summed E-state index contributed by atoms with van der Waals surface area (Å²) in [5.74, 6) is 5.38. The summed E-state index contributed by atoms with van der Waals surface area (Å²) in [6, 6.07) is 17.9. The molecule has 146 valence electrons. The number of aromatic nitrogens is 2. The van der Waals surface area contributed by atoms with Crippen LogP contribution in [0, 0.1) is 6.92 Å². The van der Waals surface area contributed by atoms with E-state index >= 15 is 0 Å². The Balaban J connectivity index is 1.24. The van der Waals surface area contributed by atoms with Crippen LogP contribution in [0.3, 0.4) is 0 Å². The van der Waals surface area contributed by atoms with Crippen LogP contribution in [0.4, 0.5) is 0 Å². The first-order valence-electron chi connectivity index (χ1n) is 9.21. The third-order valence-corrected chi connectivity index (χ3v) is 5.59. The fourth-order valence-electron chi connectivity index (χ4n) is 3.00. The molecule has 5 rings (SSSR count). The molecule has 29 heavy (non-hydrogen) atoms. The van der Waals surface area contributed by atoms with Crippen molar-refractivity contribution in [2.45, 2.75) is 18.4 Å². The number of ether oxygens (including phenoxy) is 2. The van der Waals surface area contributed by atoms with Crippen LogP contribution in [0.15, 0.2) is 63.5 Å². The molecule has 0 bridgehead atoms. The lowest BCUT2D eigenvalue weighted by molar-refractivity contribution is 0.174. The Morgan fingerprint density at radius 3 is 2.69 bits per heavy atom. The van der Waals surface area contributed by atoms with E-state index < -0.39 is 0 Å². The number of nitrogens with zero attached hydrogens (tertiary/aromatic N) is 2. The van der Waals surface area contributed by atoms with Crippen molar-refractivity contribution in [2.75, 3.05) is 6.79 Å². The normalized spacial score (nSPS) is 12.4. The lowest BCUT2D eigenvalue weighted by atomic mass is 10.2. The average molecular weight is 406 g/mol. The van der Waals surface area contributed by atoms with E-state index in [0.29, 0.717) is 23.2 Å². The molecule has 0 amide bonds. The number of hydrogen-bond acceptors (Lipinski definition) is 7. The van der Waals surface area contributed by atoms with Gasteiger partial charge in [0.2, 0.25) is 12.6 Å². The van der Waals surface area contributed by atoms with E-state index in [1.165, 1.54) is 11.1 Å². The molecular formula is C22H18N2O4S. The third kappa shape index (κ3) is 3.86. The van der Waals surface area contributed by atoms with Crippen LogP contribution >= 0.6 is 11.8 Å². The molecule has 0 fully saturated rings. The summed E-state index contributed by atoms with van der Waals surface area (Å²) in [7, 11) is 0. The van der Waals surface area contributed by atoms with Gasteiger partial charge in [0.05, 0.1) is 5.75 Å². The molecule has 1 aliphatic rings. The monoisotopic (exact) mass is 406 g/mol. The fraction of sp³-hybridized carbons (Fsp3) is 0.182. The highest BCUT2D eigenvalue weighted by Gasteiger charge is 2.18. The molecular weight excluding hydrogens is 388 g/mol. The minimum atomic E-state index is 0.230. The van der Waals surface area contributed by atoms with Gasteiger partial charge < -0.3 is 18.4 Å². The molecule has 0 radical (unpaired) electrons. The molecule has 0 aliphatic carbocycles. The molecule has 0 saturated carbocycles. The van der Waals surface area contributed by atoms with Gasteiger partial charge in [-0.2, -0.15) is 4.98 Å². The highest BCUT2D eigenvalue weighted by Crippen LogP contribution is 2.35.